The Morgan fingerprint density at radius 2 is 1.59 bits per heavy atom. The van der Waals surface area contributed by atoms with Gasteiger partial charge in [0.2, 0.25) is 5.13 Å². The van der Waals surface area contributed by atoms with Crippen LogP contribution in [0.25, 0.3) is 5.76 Å². The largest absolute Gasteiger partial charge is 0.507 e. The highest BCUT2D eigenvalue weighted by Crippen LogP contribution is 2.43. The summed E-state index contributed by atoms with van der Waals surface area (Å²) in [5.74, 6) is -1.87. The number of rotatable bonds is 3. The number of ketones is 1. The van der Waals surface area contributed by atoms with Crippen LogP contribution in [0.4, 0.5) is 5.13 Å². The lowest BCUT2D eigenvalue weighted by Crippen LogP contribution is -2.29. The van der Waals surface area contributed by atoms with E-state index in [-0.39, 0.29) is 16.5 Å². The number of aliphatic hydroxyl groups is 1. The predicted molar refractivity (Wildman–Crippen MR) is 112 cm³/mol. The molecule has 1 unspecified atom stereocenters. The maximum Gasteiger partial charge on any atom is 0.301 e. The Balaban J connectivity index is 1.93. The Kier molecular flexibility index (Phi) is 5.12. The van der Waals surface area contributed by atoms with Crippen molar-refractivity contribution in [1.29, 1.82) is 0 Å². The Labute approximate surface area is 180 Å². The number of aliphatic hydroxyl groups excluding tert-OH is 1. The monoisotopic (exact) mass is 445 g/mol. The van der Waals surface area contributed by atoms with Crippen molar-refractivity contribution in [3.8, 4) is 0 Å². The summed E-state index contributed by atoms with van der Waals surface area (Å²) in [4.78, 5) is 27.1. The van der Waals surface area contributed by atoms with E-state index in [0.717, 1.165) is 0 Å². The van der Waals surface area contributed by atoms with E-state index in [2.05, 4.69) is 10.2 Å². The van der Waals surface area contributed by atoms with Gasteiger partial charge in [0, 0.05) is 15.6 Å². The Hall–Kier alpha value is -2.74. The molecule has 6 nitrogen and oxygen atoms in total. The van der Waals surface area contributed by atoms with Crippen LogP contribution in [0.5, 0.6) is 0 Å². The molecule has 0 bridgehead atoms. The summed E-state index contributed by atoms with van der Waals surface area (Å²) >= 11 is 13.1. The molecule has 1 aromatic heterocycles. The molecule has 1 N–H and O–H groups in total. The van der Waals surface area contributed by atoms with Gasteiger partial charge in [-0.25, -0.2) is 0 Å². The number of hydrogen-bond acceptors (Lipinski definition) is 6. The third-order valence-electron chi connectivity index (χ3n) is 4.47. The normalized spacial score (nSPS) is 18.4. The minimum atomic E-state index is -0.865. The van der Waals surface area contributed by atoms with Gasteiger partial charge in [0.05, 0.1) is 11.6 Å². The van der Waals surface area contributed by atoms with Crippen molar-refractivity contribution in [3.05, 3.63) is 80.3 Å². The second-order valence-electron chi connectivity index (χ2n) is 6.33. The van der Waals surface area contributed by atoms with Crippen molar-refractivity contribution in [3.63, 3.8) is 0 Å². The van der Waals surface area contributed by atoms with Crippen molar-refractivity contribution in [2.24, 2.45) is 0 Å². The number of Topliss-reactive ketones (excluding diaryl/α,β-unsaturated/α-hetero) is 1. The molecule has 1 fully saturated rings. The van der Waals surface area contributed by atoms with Gasteiger partial charge in [-0.2, -0.15) is 0 Å². The Morgan fingerprint density at radius 1 is 1.00 bits per heavy atom. The van der Waals surface area contributed by atoms with Gasteiger partial charge in [0.25, 0.3) is 5.78 Å². The van der Waals surface area contributed by atoms with E-state index in [1.807, 2.05) is 0 Å². The van der Waals surface area contributed by atoms with Crippen LogP contribution in [0.1, 0.15) is 22.2 Å². The third-order valence-corrected chi connectivity index (χ3v) is 5.81. The fourth-order valence-corrected chi connectivity index (χ4v) is 4.10. The van der Waals surface area contributed by atoms with Crippen LogP contribution in [-0.2, 0) is 9.59 Å². The van der Waals surface area contributed by atoms with E-state index in [0.29, 0.717) is 26.2 Å². The molecule has 0 saturated carbocycles. The molecule has 9 heteroatoms. The first-order valence-corrected chi connectivity index (χ1v) is 10.1. The predicted octanol–water partition coefficient (Wildman–Crippen LogP) is 4.78. The average Bonchev–Trinajstić information content (AvgIpc) is 3.24. The molecule has 4 rings (SSSR count). The molecule has 1 aliphatic heterocycles. The topological polar surface area (TPSA) is 83.4 Å². The number of aryl methyl sites for hydroxylation is 1. The summed E-state index contributed by atoms with van der Waals surface area (Å²) in [6.07, 6.45) is 0. The standard InChI is InChI=1S/C20H13Cl2N3O3S/c1-10-23-24-20(29-10)25-16(11-2-6-13(21)7-3-11)15(18(27)19(25)28)17(26)12-4-8-14(22)9-5-12/h2-9,16,26H,1H3/b17-15-. The molecule has 1 amide bonds. The number of nitrogens with zero attached hydrogens (tertiary/aromatic N) is 3. The second-order valence-corrected chi connectivity index (χ2v) is 8.36. The minimum absolute atomic E-state index is 0.0347. The summed E-state index contributed by atoms with van der Waals surface area (Å²) in [6, 6.07) is 12.2. The van der Waals surface area contributed by atoms with Crippen LogP contribution < -0.4 is 4.90 Å². The van der Waals surface area contributed by atoms with E-state index in [4.69, 9.17) is 23.2 Å². The molecule has 29 heavy (non-hydrogen) atoms. The number of benzene rings is 2. The maximum atomic E-state index is 12.9. The first-order chi connectivity index (χ1) is 13.9. The number of anilines is 1. The quantitative estimate of drug-likeness (QED) is 0.356. The fourth-order valence-electron chi connectivity index (χ4n) is 3.14. The van der Waals surface area contributed by atoms with Crippen LogP contribution >= 0.6 is 34.5 Å². The third kappa shape index (κ3) is 3.53. The van der Waals surface area contributed by atoms with Gasteiger partial charge in [-0.3, -0.25) is 14.5 Å². The van der Waals surface area contributed by atoms with Gasteiger partial charge in [0.1, 0.15) is 10.8 Å². The molecule has 2 heterocycles. The van der Waals surface area contributed by atoms with Gasteiger partial charge < -0.3 is 5.11 Å². The number of aromatic nitrogens is 2. The lowest BCUT2D eigenvalue weighted by molar-refractivity contribution is -0.132. The number of amides is 1. The van der Waals surface area contributed by atoms with E-state index >= 15 is 0 Å². The molecule has 0 radical (unpaired) electrons. The van der Waals surface area contributed by atoms with Crippen LogP contribution in [0.3, 0.4) is 0 Å². The van der Waals surface area contributed by atoms with Gasteiger partial charge in [-0.15, -0.1) is 10.2 Å². The van der Waals surface area contributed by atoms with Crippen LogP contribution in [0.15, 0.2) is 54.1 Å². The van der Waals surface area contributed by atoms with E-state index in [9.17, 15) is 14.7 Å². The van der Waals surface area contributed by atoms with Crippen molar-refractivity contribution in [2.45, 2.75) is 13.0 Å². The lowest BCUT2D eigenvalue weighted by atomic mass is 9.95. The summed E-state index contributed by atoms with van der Waals surface area (Å²) < 4.78 is 0. The first-order valence-electron chi connectivity index (χ1n) is 8.49. The zero-order valence-electron chi connectivity index (χ0n) is 15.0. The molecule has 3 aromatic rings. The van der Waals surface area contributed by atoms with Crippen LogP contribution in [0, 0.1) is 6.92 Å². The highest BCUT2D eigenvalue weighted by molar-refractivity contribution is 7.15. The average molecular weight is 446 g/mol. The van der Waals surface area contributed by atoms with E-state index in [1.165, 1.54) is 16.2 Å². The van der Waals surface area contributed by atoms with Gasteiger partial charge in [0.15, 0.2) is 0 Å². The summed E-state index contributed by atoms with van der Waals surface area (Å²) in [7, 11) is 0. The molecule has 1 atom stereocenters. The molecular formula is C20H13Cl2N3O3S. The van der Waals surface area contributed by atoms with Gasteiger partial charge in [-0.1, -0.05) is 46.7 Å². The number of halogens is 2. The lowest BCUT2D eigenvalue weighted by Gasteiger charge is -2.22. The molecule has 0 aliphatic carbocycles. The molecule has 1 aliphatic rings. The Morgan fingerprint density at radius 3 is 2.14 bits per heavy atom. The smallest absolute Gasteiger partial charge is 0.301 e. The van der Waals surface area contributed by atoms with Crippen molar-refractivity contribution in [1.82, 2.24) is 10.2 Å². The summed E-state index contributed by atoms with van der Waals surface area (Å²) in [5, 5.41) is 20.8. The van der Waals surface area contributed by atoms with E-state index < -0.39 is 17.7 Å². The zero-order valence-corrected chi connectivity index (χ0v) is 17.3. The van der Waals surface area contributed by atoms with Crippen LogP contribution in [-0.4, -0.2) is 27.0 Å². The van der Waals surface area contributed by atoms with Crippen LogP contribution in [0.2, 0.25) is 10.0 Å². The first kappa shape index (κ1) is 19.6. The number of carbonyl (C=O) groups is 2. The van der Waals surface area contributed by atoms with Gasteiger partial charge in [-0.05, 0) is 48.9 Å². The fraction of sp³-hybridized carbons (Fsp3) is 0.100. The highest BCUT2D eigenvalue weighted by atomic mass is 35.5. The molecule has 0 spiro atoms. The van der Waals surface area contributed by atoms with Gasteiger partial charge >= 0.3 is 5.91 Å². The molecule has 2 aromatic carbocycles. The second kappa shape index (κ2) is 7.59. The minimum Gasteiger partial charge on any atom is -0.507 e. The molecule has 1 saturated heterocycles. The summed E-state index contributed by atoms with van der Waals surface area (Å²) in [5.41, 5.74) is 0.948. The molecular weight excluding hydrogens is 433 g/mol. The van der Waals surface area contributed by atoms with Crippen molar-refractivity contribution < 1.29 is 14.7 Å². The number of carbonyl (C=O) groups excluding carboxylic acids is 2. The SMILES string of the molecule is Cc1nnc(N2C(=O)C(=O)/C(=C(\O)c3ccc(Cl)cc3)C2c2ccc(Cl)cc2)s1. The molecule has 146 valence electrons. The number of hydrogen-bond donors (Lipinski definition) is 1. The van der Waals surface area contributed by atoms with Crippen molar-refractivity contribution in [2.75, 3.05) is 4.90 Å². The van der Waals surface area contributed by atoms with E-state index in [1.54, 1.807) is 55.5 Å². The maximum absolute atomic E-state index is 12.9. The summed E-state index contributed by atoms with van der Waals surface area (Å²) in [6.45, 7) is 1.75. The highest BCUT2D eigenvalue weighted by Gasteiger charge is 2.48. The van der Waals surface area contributed by atoms with Crippen molar-refractivity contribution >= 4 is 57.1 Å². The Bertz CT molecular complexity index is 1140. The zero-order chi connectivity index (χ0) is 20.7.